The van der Waals surface area contributed by atoms with E-state index in [1.54, 1.807) is 11.8 Å². The van der Waals surface area contributed by atoms with Crippen molar-refractivity contribution in [1.82, 2.24) is 5.32 Å². The maximum atomic E-state index is 4.20. The van der Waals surface area contributed by atoms with Crippen molar-refractivity contribution in [3.8, 4) is 0 Å². The van der Waals surface area contributed by atoms with Gasteiger partial charge in [-0.05, 0) is 5.56 Å². The fraction of sp³-hybridized carbons (Fsp3) is 0.200. The summed E-state index contributed by atoms with van der Waals surface area (Å²) in [5.74, 6) is 0.878. The van der Waals surface area contributed by atoms with E-state index < -0.39 is 0 Å². The fourth-order valence-electron chi connectivity index (χ4n) is 1.31. The number of rotatable bonds is 1. The van der Waals surface area contributed by atoms with E-state index >= 15 is 0 Å². The minimum atomic E-state index is 0.878. The van der Waals surface area contributed by atoms with Crippen LogP contribution in [0.15, 0.2) is 34.5 Å². The van der Waals surface area contributed by atoms with Crippen molar-refractivity contribution >= 4 is 36.0 Å². The standard InChI is InChI=1S/C10H12BN3S/c1-12-10-14-13-9(6-15-10)7-2-4-8(11)5-3-7/h2-5H,6,11H2,1H3,(H,12,14). The third-order valence-corrected chi connectivity index (χ3v) is 3.18. The van der Waals surface area contributed by atoms with Crippen molar-refractivity contribution in [2.24, 2.45) is 10.2 Å². The van der Waals surface area contributed by atoms with Gasteiger partial charge < -0.3 is 5.32 Å². The van der Waals surface area contributed by atoms with E-state index in [1.165, 1.54) is 5.46 Å². The second-order valence-corrected chi connectivity index (χ2v) is 4.32. The summed E-state index contributed by atoms with van der Waals surface area (Å²) in [6.45, 7) is 0. The Bertz CT molecular complexity index is 411. The molecule has 0 saturated heterocycles. The molecular formula is C10H12BN3S. The molecule has 1 aliphatic heterocycles. The van der Waals surface area contributed by atoms with Crippen LogP contribution in [-0.2, 0) is 0 Å². The van der Waals surface area contributed by atoms with Crippen LogP contribution in [0.5, 0.6) is 0 Å². The van der Waals surface area contributed by atoms with Gasteiger partial charge in [-0.1, -0.05) is 41.5 Å². The molecule has 3 nitrogen and oxygen atoms in total. The van der Waals surface area contributed by atoms with Crippen molar-refractivity contribution in [2.45, 2.75) is 0 Å². The van der Waals surface area contributed by atoms with Gasteiger partial charge in [-0.15, -0.1) is 5.10 Å². The summed E-state index contributed by atoms with van der Waals surface area (Å²) in [6, 6.07) is 8.38. The van der Waals surface area contributed by atoms with E-state index in [-0.39, 0.29) is 0 Å². The molecule has 0 spiro atoms. The Morgan fingerprint density at radius 1 is 1.27 bits per heavy atom. The molecule has 1 heterocycles. The van der Waals surface area contributed by atoms with Crippen LogP contribution in [0.3, 0.4) is 0 Å². The highest BCUT2D eigenvalue weighted by Crippen LogP contribution is 2.13. The smallest absolute Gasteiger partial charge is 0.183 e. The second kappa shape index (κ2) is 4.53. The van der Waals surface area contributed by atoms with Crippen LogP contribution >= 0.6 is 11.8 Å². The number of thioether (sulfide) groups is 1. The lowest BCUT2D eigenvalue weighted by molar-refractivity contribution is 1.13. The van der Waals surface area contributed by atoms with Crippen LogP contribution in [0.4, 0.5) is 0 Å². The average molecular weight is 217 g/mol. The van der Waals surface area contributed by atoms with Gasteiger partial charge in [0.1, 0.15) is 7.85 Å². The Hall–Kier alpha value is -1.23. The van der Waals surface area contributed by atoms with Gasteiger partial charge in [0, 0.05) is 12.8 Å². The summed E-state index contributed by atoms with van der Waals surface area (Å²) in [6.07, 6.45) is 0. The maximum absolute atomic E-state index is 4.20. The first-order chi connectivity index (χ1) is 7.29. The minimum Gasteiger partial charge on any atom is -0.366 e. The molecule has 0 saturated carbocycles. The van der Waals surface area contributed by atoms with Crippen LogP contribution in [0, 0.1) is 0 Å². The lowest BCUT2D eigenvalue weighted by Gasteiger charge is -2.11. The van der Waals surface area contributed by atoms with E-state index in [0.29, 0.717) is 0 Å². The SMILES string of the molecule is Bc1ccc(C2=NN=C(NC)SC2)cc1. The molecule has 0 atom stereocenters. The predicted octanol–water partition coefficient (Wildman–Crippen LogP) is -0.0287. The summed E-state index contributed by atoms with van der Waals surface area (Å²) < 4.78 is 0. The van der Waals surface area contributed by atoms with Gasteiger partial charge in [-0.3, -0.25) is 0 Å². The van der Waals surface area contributed by atoms with Gasteiger partial charge in [-0.25, -0.2) is 0 Å². The second-order valence-electron chi connectivity index (χ2n) is 3.36. The van der Waals surface area contributed by atoms with Crippen LogP contribution in [0.25, 0.3) is 0 Å². The van der Waals surface area contributed by atoms with Crippen LogP contribution < -0.4 is 10.8 Å². The number of amidine groups is 1. The summed E-state index contributed by atoms with van der Waals surface area (Å²) >= 11 is 1.68. The molecule has 0 bridgehead atoms. The van der Waals surface area contributed by atoms with Crippen molar-refractivity contribution < 1.29 is 0 Å². The summed E-state index contributed by atoms with van der Waals surface area (Å²) in [5.41, 5.74) is 3.47. The minimum absolute atomic E-state index is 0.878. The molecule has 0 aromatic heterocycles. The van der Waals surface area contributed by atoms with Crippen LogP contribution in [0.1, 0.15) is 5.56 Å². The predicted molar refractivity (Wildman–Crippen MR) is 70.1 cm³/mol. The highest BCUT2D eigenvalue weighted by Gasteiger charge is 2.10. The number of hydrogen-bond donors (Lipinski definition) is 1. The quantitative estimate of drug-likeness (QED) is 0.671. The summed E-state index contributed by atoms with van der Waals surface area (Å²) in [5, 5.41) is 12.2. The Morgan fingerprint density at radius 2 is 2.00 bits per heavy atom. The van der Waals surface area contributed by atoms with E-state index in [4.69, 9.17) is 0 Å². The topological polar surface area (TPSA) is 36.8 Å². The largest absolute Gasteiger partial charge is 0.366 e. The number of benzene rings is 1. The summed E-state index contributed by atoms with van der Waals surface area (Å²) in [7, 11) is 3.94. The monoisotopic (exact) mass is 217 g/mol. The molecule has 0 aliphatic carbocycles. The molecule has 1 aromatic rings. The Labute approximate surface area is 94.5 Å². The lowest BCUT2D eigenvalue weighted by Crippen LogP contribution is -2.20. The zero-order valence-electron chi connectivity index (χ0n) is 8.82. The molecule has 1 N–H and O–H groups in total. The Kier molecular flexibility index (Phi) is 3.11. The Morgan fingerprint density at radius 3 is 2.53 bits per heavy atom. The van der Waals surface area contributed by atoms with Crippen molar-refractivity contribution in [1.29, 1.82) is 0 Å². The molecule has 0 fully saturated rings. The van der Waals surface area contributed by atoms with Gasteiger partial charge >= 0.3 is 0 Å². The molecule has 1 aromatic carbocycles. The molecule has 2 rings (SSSR count). The molecule has 76 valence electrons. The third kappa shape index (κ3) is 2.42. The molecule has 0 unspecified atom stereocenters. The molecule has 0 radical (unpaired) electrons. The van der Waals surface area contributed by atoms with Gasteiger partial charge in [0.25, 0.3) is 0 Å². The maximum Gasteiger partial charge on any atom is 0.183 e. The molecule has 0 amide bonds. The van der Waals surface area contributed by atoms with Crippen molar-refractivity contribution in [3.63, 3.8) is 0 Å². The van der Waals surface area contributed by atoms with E-state index in [2.05, 4.69) is 47.6 Å². The summed E-state index contributed by atoms with van der Waals surface area (Å²) in [4.78, 5) is 0. The zero-order valence-corrected chi connectivity index (χ0v) is 9.64. The third-order valence-electron chi connectivity index (χ3n) is 2.21. The molecule has 1 aliphatic rings. The molecular weight excluding hydrogens is 205 g/mol. The van der Waals surface area contributed by atoms with Crippen LogP contribution in [-0.4, -0.2) is 31.5 Å². The molecule has 15 heavy (non-hydrogen) atoms. The molecule has 5 heteroatoms. The highest BCUT2D eigenvalue weighted by molar-refractivity contribution is 8.14. The van der Waals surface area contributed by atoms with Gasteiger partial charge in [0.15, 0.2) is 5.17 Å². The highest BCUT2D eigenvalue weighted by atomic mass is 32.2. The van der Waals surface area contributed by atoms with Crippen molar-refractivity contribution in [2.75, 3.05) is 12.8 Å². The van der Waals surface area contributed by atoms with Crippen LogP contribution in [0.2, 0.25) is 0 Å². The average Bonchev–Trinajstić information content (AvgIpc) is 2.30. The normalized spacial score (nSPS) is 15.5. The number of nitrogens with one attached hydrogen (secondary N) is 1. The number of nitrogens with zero attached hydrogens (tertiary/aromatic N) is 2. The van der Waals surface area contributed by atoms with E-state index in [0.717, 1.165) is 22.2 Å². The zero-order chi connectivity index (χ0) is 10.7. The Balaban J connectivity index is 2.22. The first-order valence-corrected chi connectivity index (χ1v) is 5.80. The first-order valence-electron chi connectivity index (χ1n) is 4.81. The van der Waals surface area contributed by atoms with Gasteiger partial charge in [0.2, 0.25) is 0 Å². The van der Waals surface area contributed by atoms with Gasteiger partial charge in [0.05, 0.1) is 5.71 Å². The first kappa shape index (κ1) is 10.3. The number of hydrogen-bond acceptors (Lipinski definition) is 4. The van der Waals surface area contributed by atoms with E-state index in [1.807, 2.05) is 7.05 Å². The van der Waals surface area contributed by atoms with Gasteiger partial charge in [-0.2, -0.15) is 5.10 Å². The lowest BCUT2D eigenvalue weighted by atomic mass is 9.95. The van der Waals surface area contributed by atoms with Crippen molar-refractivity contribution in [3.05, 3.63) is 29.8 Å². The van der Waals surface area contributed by atoms with E-state index in [9.17, 15) is 0 Å². The fourth-order valence-corrected chi connectivity index (χ4v) is 2.05.